The normalized spacial score (nSPS) is 42.5. The van der Waals surface area contributed by atoms with Gasteiger partial charge in [0.2, 0.25) is 0 Å². The van der Waals surface area contributed by atoms with Gasteiger partial charge in [-0.1, -0.05) is 29.5 Å². The number of halogens is 1. The summed E-state index contributed by atoms with van der Waals surface area (Å²) in [5.41, 5.74) is 6.16. The third-order valence-electron chi connectivity index (χ3n) is 5.08. The maximum atomic E-state index is 12.5. The molecule has 0 spiro atoms. The molecule has 0 aromatic rings. The second kappa shape index (κ2) is 7.65. The Kier molecular flexibility index (Phi) is 6.39. The van der Waals surface area contributed by atoms with Gasteiger partial charge in [-0.05, 0) is 25.2 Å². The average molecular weight is 412 g/mol. The number of hydroxylamine groups is 2. The minimum atomic E-state index is -0.761. The molecule has 7 unspecified atom stereocenters. The molecule has 122 valence electrons. The molecule has 1 aliphatic heterocycles. The number of rotatable bonds is 4. The Morgan fingerprint density at radius 2 is 2.14 bits per heavy atom. The number of ketones is 1. The molecule has 1 aliphatic carbocycles. The average Bonchev–Trinajstić information content (AvgIpc) is 2.42. The van der Waals surface area contributed by atoms with Crippen molar-refractivity contribution in [1.82, 2.24) is 0 Å². The summed E-state index contributed by atoms with van der Waals surface area (Å²) in [4.78, 5) is 13.7. The molecule has 21 heavy (non-hydrogen) atoms. The largest absolute Gasteiger partial charge is 0.600 e. The van der Waals surface area contributed by atoms with E-state index in [1.54, 1.807) is 0 Å². The molecular formula is C14H27IN3O3+. The van der Waals surface area contributed by atoms with Crippen LogP contribution in [0.25, 0.3) is 0 Å². The first-order chi connectivity index (χ1) is 9.88. The fraction of sp³-hybridized carbons (Fsp3) is 0.929. The van der Waals surface area contributed by atoms with Crippen LogP contribution in [0.5, 0.6) is 0 Å². The van der Waals surface area contributed by atoms with Gasteiger partial charge in [-0.15, -0.1) is 0 Å². The van der Waals surface area contributed by atoms with Crippen molar-refractivity contribution in [3.8, 4) is 0 Å². The fourth-order valence-electron chi connectivity index (χ4n) is 3.60. The van der Waals surface area contributed by atoms with E-state index in [1.807, 2.05) is 0 Å². The zero-order valence-electron chi connectivity index (χ0n) is 12.6. The molecule has 0 aromatic carbocycles. The second-order valence-corrected chi connectivity index (χ2v) is 8.36. The molecule has 1 saturated carbocycles. The third-order valence-corrected chi connectivity index (χ3v) is 6.57. The summed E-state index contributed by atoms with van der Waals surface area (Å²) in [7, 11) is 0. The first kappa shape index (κ1) is 17.6. The Hall–Kier alpha value is 0.200. The summed E-state index contributed by atoms with van der Waals surface area (Å²) in [6.07, 6.45) is 4.30. The van der Waals surface area contributed by atoms with Crippen molar-refractivity contribution in [2.45, 2.75) is 55.2 Å². The van der Waals surface area contributed by atoms with Crippen molar-refractivity contribution in [2.75, 3.05) is 13.1 Å². The van der Waals surface area contributed by atoms with Crippen LogP contribution in [-0.2, 0) is 4.79 Å². The molecule has 0 radical (unpaired) electrons. The molecule has 1 saturated heterocycles. The van der Waals surface area contributed by atoms with E-state index in [4.69, 9.17) is 5.73 Å². The summed E-state index contributed by atoms with van der Waals surface area (Å²) in [6.45, 7) is 3.63. The Morgan fingerprint density at radius 1 is 1.43 bits per heavy atom. The van der Waals surface area contributed by atoms with Gasteiger partial charge in [-0.25, -0.2) is 10.4 Å². The van der Waals surface area contributed by atoms with Crippen LogP contribution in [0, 0.1) is 17.0 Å². The molecule has 6 nitrogen and oxygen atoms in total. The predicted octanol–water partition coefficient (Wildman–Crippen LogP) is -1.10. The minimum Gasteiger partial charge on any atom is -0.600 e. The summed E-state index contributed by atoms with van der Waals surface area (Å²) in [5.74, 6) is 0.769. The van der Waals surface area contributed by atoms with Crippen LogP contribution < -0.4 is 15.9 Å². The quantitative estimate of drug-likeness (QED) is 0.268. The Bertz CT molecular complexity index is 369. The van der Waals surface area contributed by atoms with Gasteiger partial charge in [0, 0.05) is 18.8 Å². The topological polar surface area (TPSA) is 95.3 Å². The van der Waals surface area contributed by atoms with Gasteiger partial charge in [0.25, 0.3) is 0 Å². The lowest BCUT2D eigenvalue weighted by molar-refractivity contribution is -1.07. The molecule has 2 rings (SSSR count). The molecule has 2 fully saturated rings. The fourth-order valence-corrected chi connectivity index (χ4v) is 4.57. The van der Waals surface area contributed by atoms with Crippen LogP contribution >= 0.6 is 22.6 Å². The lowest BCUT2D eigenvalue weighted by Gasteiger charge is -2.36. The second-order valence-electron chi connectivity index (χ2n) is 6.76. The van der Waals surface area contributed by atoms with Crippen molar-refractivity contribution in [2.24, 2.45) is 17.6 Å². The first-order valence-electron chi connectivity index (χ1n) is 7.88. The zero-order chi connectivity index (χ0) is 15.6. The van der Waals surface area contributed by atoms with Gasteiger partial charge in [0.05, 0.1) is 10.5 Å². The van der Waals surface area contributed by atoms with E-state index in [-0.39, 0.29) is 27.8 Å². The standard InChI is InChI=1S/C14H26IN3O3/c1-9-4-5-17(14(16)6-9)8-13(19)10-2-3-11(15)12(7-10)18(20)21/h9-12,14,18,20H,2-8,16H2,1H3/p+1. The van der Waals surface area contributed by atoms with Crippen molar-refractivity contribution in [3.63, 3.8) is 0 Å². The van der Waals surface area contributed by atoms with E-state index >= 15 is 0 Å². The number of alkyl halides is 1. The van der Waals surface area contributed by atoms with Crippen molar-refractivity contribution >= 4 is 28.4 Å². The van der Waals surface area contributed by atoms with Crippen LogP contribution in [-0.4, -0.2) is 40.2 Å². The van der Waals surface area contributed by atoms with Crippen LogP contribution in [0.3, 0.4) is 0 Å². The van der Waals surface area contributed by atoms with Crippen LogP contribution in [0.4, 0.5) is 0 Å². The Labute approximate surface area is 139 Å². The predicted molar refractivity (Wildman–Crippen MR) is 87.1 cm³/mol. The summed E-state index contributed by atoms with van der Waals surface area (Å²) >= 11 is 2.21. The summed E-state index contributed by atoms with van der Waals surface area (Å²) in [5, 5.41) is 19.8. The molecule has 0 aromatic heterocycles. The van der Waals surface area contributed by atoms with E-state index in [2.05, 4.69) is 29.5 Å². The number of hydrogen-bond donors (Lipinski definition) is 4. The van der Waals surface area contributed by atoms with Gasteiger partial charge in [-0.3, -0.25) is 10.5 Å². The number of nitrogens with one attached hydrogen (secondary N) is 2. The summed E-state index contributed by atoms with van der Waals surface area (Å²) < 4.78 is 0.148. The van der Waals surface area contributed by atoms with E-state index in [0.717, 1.165) is 32.2 Å². The number of nitrogens with two attached hydrogens (primary N) is 1. The number of carbonyl (C=O) groups excluding carboxylic acids is 1. The van der Waals surface area contributed by atoms with Gasteiger partial charge in [-0.2, -0.15) is 0 Å². The van der Waals surface area contributed by atoms with E-state index in [1.165, 1.54) is 4.90 Å². The van der Waals surface area contributed by atoms with E-state index < -0.39 is 5.23 Å². The maximum absolute atomic E-state index is 12.5. The van der Waals surface area contributed by atoms with Crippen molar-refractivity contribution in [1.29, 1.82) is 0 Å². The molecule has 1 heterocycles. The third kappa shape index (κ3) is 4.59. The number of likely N-dealkylation sites (tertiary alicyclic amines) is 1. The highest BCUT2D eigenvalue weighted by atomic mass is 127. The van der Waals surface area contributed by atoms with E-state index in [9.17, 15) is 15.2 Å². The highest BCUT2D eigenvalue weighted by Gasteiger charge is 2.38. The van der Waals surface area contributed by atoms with E-state index in [0.29, 0.717) is 18.9 Å². The lowest BCUT2D eigenvalue weighted by Crippen LogP contribution is -3.19. The zero-order valence-corrected chi connectivity index (χ0v) is 14.7. The molecular weight excluding hydrogens is 385 g/mol. The maximum Gasteiger partial charge on any atom is 0.190 e. The molecule has 2 aliphatic rings. The molecule has 7 atom stereocenters. The number of carbonyl (C=O) groups is 1. The monoisotopic (exact) mass is 412 g/mol. The SMILES string of the molecule is CC1CC[NH+](CC(=O)C2CCC(I)C([NH+]([O-])O)C2)C(N)C1. The molecule has 7 heteroatoms. The van der Waals surface area contributed by atoms with Gasteiger partial charge >= 0.3 is 0 Å². The number of piperidine rings is 1. The van der Waals surface area contributed by atoms with Gasteiger partial charge in [0.15, 0.2) is 5.78 Å². The van der Waals surface area contributed by atoms with Crippen molar-refractivity contribution in [3.05, 3.63) is 5.21 Å². The Balaban J connectivity index is 1.88. The minimum absolute atomic E-state index is 0.0499. The van der Waals surface area contributed by atoms with Crippen LogP contribution in [0.15, 0.2) is 0 Å². The van der Waals surface area contributed by atoms with Crippen LogP contribution in [0.2, 0.25) is 0 Å². The highest BCUT2D eigenvalue weighted by molar-refractivity contribution is 14.1. The number of quaternary nitrogens is 2. The van der Waals surface area contributed by atoms with Gasteiger partial charge in [0.1, 0.15) is 18.8 Å². The number of Topliss-reactive ketones (excluding diaryl/α,β-unsaturated/α-hetero) is 1. The molecule has 0 bridgehead atoms. The summed E-state index contributed by atoms with van der Waals surface area (Å²) in [6, 6.07) is -0.377. The van der Waals surface area contributed by atoms with Crippen LogP contribution in [0.1, 0.15) is 39.0 Å². The van der Waals surface area contributed by atoms with Crippen molar-refractivity contribution < 1.29 is 20.1 Å². The lowest BCUT2D eigenvalue weighted by atomic mass is 9.83. The smallest absolute Gasteiger partial charge is 0.190 e. The molecule has 0 amide bonds. The Morgan fingerprint density at radius 3 is 2.76 bits per heavy atom. The number of hydrogen-bond acceptors (Lipinski definition) is 4. The van der Waals surface area contributed by atoms with Gasteiger partial charge < -0.3 is 10.1 Å². The molecule has 5 N–H and O–H groups in total. The highest BCUT2D eigenvalue weighted by Crippen LogP contribution is 2.28. The first-order valence-corrected chi connectivity index (χ1v) is 9.12.